The molecular formula is C22H34S4. The highest BCUT2D eigenvalue weighted by atomic mass is 32.2. The Kier molecular flexibility index (Phi) is 10.8. The fourth-order valence-corrected chi connectivity index (χ4v) is 7.02. The van der Waals surface area contributed by atoms with Gasteiger partial charge in [0.2, 0.25) is 0 Å². The van der Waals surface area contributed by atoms with Gasteiger partial charge in [-0.25, -0.2) is 0 Å². The van der Waals surface area contributed by atoms with Crippen molar-refractivity contribution in [3.63, 3.8) is 0 Å². The van der Waals surface area contributed by atoms with E-state index in [-0.39, 0.29) is 0 Å². The van der Waals surface area contributed by atoms with Gasteiger partial charge in [-0.1, -0.05) is 52.4 Å². The average molecular weight is 427 g/mol. The second-order valence-electron chi connectivity index (χ2n) is 6.87. The maximum absolute atomic E-state index is 2.47. The standard InChI is InChI=1S/C22H34S4/c1-5-7-9-11-13-17-15-19(23-3)25-21(17)22-18(14-12-10-8-6-2)16-20(24-4)26-22/h15-16H,5-14H2,1-4H3. The van der Waals surface area contributed by atoms with Gasteiger partial charge in [0.1, 0.15) is 0 Å². The minimum Gasteiger partial charge on any atom is -0.128 e. The van der Waals surface area contributed by atoms with Crippen LogP contribution in [0, 0.1) is 0 Å². The number of unbranched alkanes of at least 4 members (excludes halogenated alkanes) is 6. The Morgan fingerprint density at radius 1 is 0.654 bits per heavy atom. The van der Waals surface area contributed by atoms with E-state index in [1.165, 1.54) is 72.6 Å². The molecule has 2 rings (SSSR count). The molecule has 0 bridgehead atoms. The Bertz CT molecular complexity index is 582. The molecule has 0 saturated heterocycles. The predicted octanol–water partition coefficient (Wildman–Crippen LogP) is 9.17. The Balaban J connectivity index is 2.21. The maximum Gasteiger partial charge on any atom is 0.0605 e. The molecule has 0 nitrogen and oxygen atoms in total. The van der Waals surface area contributed by atoms with E-state index >= 15 is 0 Å². The lowest BCUT2D eigenvalue weighted by molar-refractivity contribution is 0.666. The van der Waals surface area contributed by atoms with E-state index in [4.69, 9.17) is 0 Å². The smallest absolute Gasteiger partial charge is 0.0605 e. The van der Waals surface area contributed by atoms with Crippen LogP contribution in [0.4, 0.5) is 0 Å². The van der Waals surface area contributed by atoms with Crippen molar-refractivity contribution in [2.45, 2.75) is 86.5 Å². The van der Waals surface area contributed by atoms with Crippen molar-refractivity contribution in [1.82, 2.24) is 0 Å². The lowest BCUT2D eigenvalue weighted by Gasteiger charge is -2.06. The number of rotatable bonds is 13. The molecule has 2 heterocycles. The summed E-state index contributed by atoms with van der Waals surface area (Å²) < 4.78 is 2.95. The predicted molar refractivity (Wildman–Crippen MR) is 127 cm³/mol. The highest BCUT2D eigenvalue weighted by molar-refractivity contribution is 8.00. The molecule has 0 aromatic carbocycles. The van der Waals surface area contributed by atoms with Gasteiger partial charge in [0.15, 0.2) is 0 Å². The van der Waals surface area contributed by atoms with Crippen molar-refractivity contribution in [1.29, 1.82) is 0 Å². The molecule has 0 unspecified atom stereocenters. The van der Waals surface area contributed by atoms with Crippen LogP contribution in [-0.4, -0.2) is 12.5 Å². The lowest BCUT2D eigenvalue weighted by atomic mass is 10.0. The molecule has 0 aliphatic carbocycles. The first-order valence-corrected chi connectivity index (χ1v) is 14.1. The molecule has 0 amide bonds. The zero-order valence-electron chi connectivity index (χ0n) is 16.9. The van der Waals surface area contributed by atoms with E-state index < -0.39 is 0 Å². The average Bonchev–Trinajstić information content (AvgIpc) is 3.25. The van der Waals surface area contributed by atoms with E-state index in [2.05, 4.69) is 38.5 Å². The molecule has 2 aromatic rings. The van der Waals surface area contributed by atoms with Gasteiger partial charge >= 0.3 is 0 Å². The molecule has 2 aromatic heterocycles. The molecule has 0 fully saturated rings. The molecule has 0 N–H and O–H groups in total. The molecule has 0 saturated carbocycles. The van der Waals surface area contributed by atoms with Crippen LogP contribution in [0.2, 0.25) is 0 Å². The molecule has 4 heteroatoms. The summed E-state index contributed by atoms with van der Waals surface area (Å²) in [5, 5.41) is 0. The fourth-order valence-electron chi connectivity index (χ4n) is 3.25. The number of hydrogen-bond acceptors (Lipinski definition) is 4. The van der Waals surface area contributed by atoms with Crippen LogP contribution >= 0.6 is 46.2 Å². The van der Waals surface area contributed by atoms with E-state index in [0.717, 1.165) is 0 Å². The minimum atomic E-state index is 1.24. The quantitative estimate of drug-likeness (QED) is 0.231. The summed E-state index contributed by atoms with van der Waals surface area (Å²) in [5.41, 5.74) is 3.19. The van der Waals surface area contributed by atoms with E-state index in [9.17, 15) is 0 Å². The van der Waals surface area contributed by atoms with Gasteiger partial charge in [0, 0.05) is 9.75 Å². The molecule has 0 atom stereocenters. The van der Waals surface area contributed by atoms with Crippen LogP contribution in [0.15, 0.2) is 20.6 Å². The van der Waals surface area contributed by atoms with E-state index in [1.54, 1.807) is 20.9 Å². The van der Waals surface area contributed by atoms with Crippen molar-refractivity contribution >= 4 is 46.2 Å². The van der Waals surface area contributed by atoms with Gasteiger partial charge in [0.05, 0.1) is 8.42 Å². The van der Waals surface area contributed by atoms with E-state index in [0.29, 0.717) is 0 Å². The third-order valence-electron chi connectivity index (χ3n) is 4.78. The summed E-state index contributed by atoms with van der Waals surface area (Å²) in [6.07, 6.45) is 17.7. The largest absolute Gasteiger partial charge is 0.128 e. The highest BCUT2D eigenvalue weighted by Gasteiger charge is 2.17. The Morgan fingerprint density at radius 2 is 1.08 bits per heavy atom. The third-order valence-corrected chi connectivity index (χ3v) is 9.43. The van der Waals surface area contributed by atoms with Crippen molar-refractivity contribution in [3.8, 4) is 9.75 Å². The minimum absolute atomic E-state index is 1.24. The van der Waals surface area contributed by atoms with Crippen LogP contribution in [0.1, 0.15) is 76.3 Å². The summed E-state index contributed by atoms with van der Waals surface area (Å²) in [6, 6.07) is 4.94. The Hall–Kier alpha value is 0.1000. The molecule has 146 valence electrons. The first-order valence-electron chi connectivity index (χ1n) is 10.1. The van der Waals surface area contributed by atoms with Crippen LogP contribution in [-0.2, 0) is 12.8 Å². The maximum atomic E-state index is 2.47. The summed E-state index contributed by atoms with van der Waals surface area (Å²) in [5.74, 6) is 0. The van der Waals surface area contributed by atoms with Gasteiger partial charge in [-0.05, 0) is 61.5 Å². The lowest BCUT2D eigenvalue weighted by Crippen LogP contribution is -1.89. The van der Waals surface area contributed by atoms with Crippen LogP contribution in [0.25, 0.3) is 9.75 Å². The molecule has 0 radical (unpaired) electrons. The SMILES string of the molecule is CCCCCCc1cc(SC)sc1-c1sc(SC)cc1CCCCCC. The van der Waals surface area contributed by atoms with Crippen molar-refractivity contribution in [2.24, 2.45) is 0 Å². The van der Waals surface area contributed by atoms with Crippen LogP contribution in [0.5, 0.6) is 0 Å². The monoisotopic (exact) mass is 426 g/mol. The van der Waals surface area contributed by atoms with Gasteiger partial charge in [-0.2, -0.15) is 0 Å². The third kappa shape index (κ3) is 6.61. The Labute approximate surface area is 177 Å². The fraction of sp³-hybridized carbons (Fsp3) is 0.636. The number of hydrogen-bond donors (Lipinski definition) is 0. The zero-order valence-corrected chi connectivity index (χ0v) is 20.1. The number of thiophene rings is 2. The van der Waals surface area contributed by atoms with Gasteiger partial charge in [-0.15, -0.1) is 46.2 Å². The van der Waals surface area contributed by atoms with Crippen molar-refractivity contribution in [2.75, 3.05) is 12.5 Å². The van der Waals surface area contributed by atoms with Gasteiger partial charge in [0.25, 0.3) is 0 Å². The van der Waals surface area contributed by atoms with Crippen LogP contribution in [0.3, 0.4) is 0 Å². The summed E-state index contributed by atoms with van der Waals surface area (Å²) in [4.78, 5) is 3.14. The number of thioether (sulfide) groups is 2. The summed E-state index contributed by atoms with van der Waals surface area (Å²) >= 11 is 7.85. The van der Waals surface area contributed by atoms with Gasteiger partial charge < -0.3 is 0 Å². The molecule has 0 aliphatic heterocycles. The second-order valence-corrected chi connectivity index (χ2v) is 11.2. The highest BCUT2D eigenvalue weighted by Crippen LogP contribution is 2.45. The first-order chi connectivity index (χ1) is 12.7. The second kappa shape index (κ2) is 12.5. The van der Waals surface area contributed by atoms with Crippen molar-refractivity contribution < 1.29 is 0 Å². The number of aryl methyl sites for hydroxylation is 2. The summed E-state index contributed by atoms with van der Waals surface area (Å²) in [7, 11) is 0. The molecular weight excluding hydrogens is 393 g/mol. The Morgan fingerprint density at radius 3 is 1.42 bits per heavy atom. The van der Waals surface area contributed by atoms with Crippen molar-refractivity contribution in [3.05, 3.63) is 23.3 Å². The molecule has 0 aliphatic rings. The topological polar surface area (TPSA) is 0 Å². The van der Waals surface area contributed by atoms with E-state index in [1.807, 2.05) is 46.2 Å². The normalized spacial score (nSPS) is 11.4. The zero-order chi connectivity index (χ0) is 18.8. The first kappa shape index (κ1) is 22.4. The summed E-state index contributed by atoms with van der Waals surface area (Å²) in [6.45, 7) is 4.59. The van der Waals surface area contributed by atoms with Crippen LogP contribution < -0.4 is 0 Å². The molecule has 0 spiro atoms. The van der Waals surface area contributed by atoms with Gasteiger partial charge in [-0.3, -0.25) is 0 Å². The molecule has 26 heavy (non-hydrogen) atoms.